The summed E-state index contributed by atoms with van der Waals surface area (Å²) in [6, 6.07) is 18.6. The first kappa shape index (κ1) is 21.6. The molecule has 0 fully saturated rings. The molecule has 32 heavy (non-hydrogen) atoms. The van der Waals surface area contributed by atoms with Crippen molar-refractivity contribution < 1.29 is 14.4 Å². The molecule has 1 unspecified atom stereocenters. The Kier molecular flexibility index (Phi) is 5.95. The lowest BCUT2D eigenvalue weighted by atomic mass is 10.1. The van der Waals surface area contributed by atoms with Gasteiger partial charge in [0.25, 0.3) is 5.91 Å². The highest BCUT2D eigenvalue weighted by atomic mass is 16.2. The lowest BCUT2D eigenvalue weighted by molar-refractivity contribution is -0.140. The van der Waals surface area contributed by atoms with Crippen LogP contribution in [0.2, 0.25) is 0 Å². The molecule has 1 atom stereocenters. The number of nitrogens with one attached hydrogen (secondary N) is 1. The maximum Gasteiger partial charge on any atom is 0.259 e. The van der Waals surface area contributed by atoms with E-state index >= 15 is 0 Å². The lowest BCUT2D eigenvalue weighted by Crippen LogP contribution is -2.51. The van der Waals surface area contributed by atoms with Crippen LogP contribution in [0.25, 0.3) is 10.8 Å². The van der Waals surface area contributed by atoms with Crippen LogP contribution in [0.15, 0.2) is 60.7 Å². The summed E-state index contributed by atoms with van der Waals surface area (Å²) in [5, 5.41) is 4.51. The lowest BCUT2D eigenvalue weighted by Gasteiger charge is -2.32. The van der Waals surface area contributed by atoms with E-state index in [9.17, 15) is 14.4 Å². The van der Waals surface area contributed by atoms with Crippen molar-refractivity contribution in [3.63, 3.8) is 0 Å². The molecule has 1 aliphatic rings. The van der Waals surface area contributed by atoms with E-state index in [-0.39, 0.29) is 24.3 Å². The molecule has 0 saturated carbocycles. The van der Waals surface area contributed by atoms with Crippen LogP contribution in [0, 0.1) is 6.92 Å². The Morgan fingerprint density at radius 3 is 2.47 bits per heavy atom. The highest BCUT2D eigenvalue weighted by molar-refractivity contribution is 6.26. The van der Waals surface area contributed by atoms with Gasteiger partial charge in [0.2, 0.25) is 11.8 Å². The third-order valence-electron chi connectivity index (χ3n) is 6.01. The molecule has 0 bridgehead atoms. The standard InChI is InChI=1S/C26H27N3O3/c1-4-21(25(31)27-3)28(15-18-9-5-8-17(2)14-18)23(30)16-29-22-13-7-11-19-10-6-12-20(24(19)22)26(29)32/h5-14,21H,4,15-16H2,1-3H3,(H,27,31). The van der Waals surface area contributed by atoms with Crippen LogP contribution in [0.3, 0.4) is 0 Å². The minimum absolute atomic E-state index is 0.119. The zero-order valence-electron chi connectivity index (χ0n) is 18.6. The summed E-state index contributed by atoms with van der Waals surface area (Å²) < 4.78 is 0. The van der Waals surface area contributed by atoms with Crippen molar-refractivity contribution in [1.29, 1.82) is 0 Å². The van der Waals surface area contributed by atoms with Crippen molar-refractivity contribution in [3.8, 4) is 0 Å². The first-order chi connectivity index (χ1) is 15.4. The monoisotopic (exact) mass is 429 g/mol. The highest BCUT2D eigenvalue weighted by Gasteiger charge is 2.34. The van der Waals surface area contributed by atoms with Crippen LogP contribution >= 0.6 is 0 Å². The maximum absolute atomic E-state index is 13.6. The average Bonchev–Trinajstić information content (AvgIpc) is 3.06. The van der Waals surface area contributed by atoms with Crippen molar-refractivity contribution >= 4 is 34.2 Å². The van der Waals surface area contributed by atoms with E-state index in [1.54, 1.807) is 18.0 Å². The minimum atomic E-state index is -0.621. The second kappa shape index (κ2) is 8.83. The fraction of sp³-hybridized carbons (Fsp3) is 0.269. The molecule has 0 radical (unpaired) electrons. The van der Waals surface area contributed by atoms with Gasteiger partial charge in [-0.3, -0.25) is 19.3 Å². The summed E-state index contributed by atoms with van der Waals surface area (Å²) in [6.45, 7) is 4.05. The number of amides is 3. The molecule has 3 aromatic rings. The van der Waals surface area contributed by atoms with Gasteiger partial charge in [-0.15, -0.1) is 0 Å². The number of carbonyl (C=O) groups is 3. The van der Waals surface area contributed by atoms with Crippen LogP contribution in [-0.4, -0.2) is 42.3 Å². The third kappa shape index (κ3) is 3.84. The minimum Gasteiger partial charge on any atom is -0.357 e. The van der Waals surface area contributed by atoms with Crippen LogP contribution < -0.4 is 10.2 Å². The fourth-order valence-corrected chi connectivity index (χ4v) is 4.46. The molecule has 4 rings (SSSR count). The van der Waals surface area contributed by atoms with E-state index < -0.39 is 6.04 Å². The van der Waals surface area contributed by atoms with Crippen molar-refractivity contribution in [2.75, 3.05) is 18.5 Å². The summed E-state index contributed by atoms with van der Waals surface area (Å²) in [5.74, 6) is -0.666. The van der Waals surface area contributed by atoms with E-state index in [1.165, 1.54) is 4.90 Å². The fourth-order valence-electron chi connectivity index (χ4n) is 4.46. The second-order valence-electron chi connectivity index (χ2n) is 8.12. The average molecular weight is 430 g/mol. The van der Waals surface area contributed by atoms with Gasteiger partial charge in [-0.25, -0.2) is 0 Å². The molecule has 0 aliphatic carbocycles. The highest BCUT2D eigenvalue weighted by Crippen LogP contribution is 2.37. The summed E-state index contributed by atoms with van der Waals surface area (Å²) in [7, 11) is 1.57. The Morgan fingerprint density at radius 1 is 1.06 bits per heavy atom. The quantitative estimate of drug-likeness (QED) is 0.623. The summed E-state index contributed by atoms with van der Waals surface area (Å²) in [4.78, 5) is 42.4. The van der Waals surface area contributed by atoms with Crippen LogP contribution in [0.4, 0.5) is 5.69 Å². The van der Waals surface area contributed by atoms with E-state index in [0.29, 0.717) is 18.5 Å². The summed E-state index contributed by atoms with van der Waals surface area (Å²) in [6.07, 6.45) is 0.473. The second-order valence-corrected chi connectivity index (χ2v) is 8.12. The van der Waals surface area contributed by atoms with E-state index in [1.807, 2.05) is 68.4 Å². The number of carbonyl (C=O) groups excluding carboxylic acids is 3. The van der Waals surface area contributed by atoms with E-state index in [0.717, 1.165) is 27.6 Å². The number of hydrogen-bond donors (Lipinski definition) is 1. The van der Waals surface area contributed by atoms with Crippen molar-refractivity contribution in [2.24, 2.45) is 0 Å². The molecule has 3 aromatic carbocycles. The number of benzene rings is 3. The van der Waals surface area contributed by atoms with Gasteiger partial charge < -0.3 is 10.2 Å². The number of likely N-dealkylation sites (N-methyl/N-ethyl adjacent to an activating group) is 1. The molecule has 0 spiro atoms. The normalized spacial score (nSPS) is 13.3. The molecule has 6 nitrogen and oxygen atoms in total. The third-order valence-corrected chi connectivity index (χ3v) is 6.01. The molecule has 1 N–H and O–H groups in total. The van der Waals surface area contributed by atoms with Gasteiger partial charge in [0.1, 0.15) is 12.6 Å². The Morgan fingerprint density at radius 2 is 1.78 bits per heavy atom. The number of aryl methyl sites for hydroxylation is 1. The zero-order valence-corrected chi connectivity index (χ0v) is 18.6. The molecule has 6 heteroatoms. The predicted molar refractivity (Wildman–Crippen MR) is 125 cm³/mol. The smallest absolute Gasteiger partial charge is 0.259 e. The van der Waals surface area contributed by atoms with Gasteiger partial charge >= 0.3 is 0 Å². The Hall–Kier alpha value is -3.67. The first-order valence-corrected chi connectivity index (χ1v) is 10.8. The van der Waals surface area contributed by atoms with Gasteiger partial charge in [0.15, 0.2) is 0 Å². The largest absolute Gasteiger partial charge is 0.357 e. The van der Waals surface area contributed by atoms with Gasteiger partial charge in [0.05, 0.1) is 5.69 Å². The van der Waals surface area contributed by atoms with Crippen LogP contribution in [0.1, 0.15) is 34.8 Å². The van der Waals surface area contributed by atoms with Gasteiger partial charge in [-0.05, 0) is 36.4 Å². The topological polar surface area (TPSA) is 69.7 Å². The van der Waals surface area contributed by atoms with Crippen molar-refractivity contribution in [1.82, 2.24) is 10.2 Å². The molecule has 3 amide bonds. The molecule has 1 aliphatic heterocycles. The summed E-state index contributed by atoms with van der Waals surface area (Å²) in [5.41, 5.74) is 3.37. The van der Waals surface area contributed by atoms with E-state index in [4.69, 9.17) is 0 Å². The molecule has 0 aromatic heterocycles. The van der Waals surface area contributed by atoms with Gasteiger partial charge in [-0.1, -0.05) is 61.0 Å². The number of nitrogens with zero attached hydrogens (tertiary/aromatic N) is 2. The Balaban J connectivity index is 1.66. The number of anilines is 1. The SMILES string of the molecule is CCC(C(=O)NC)N(Cc1cccc(C)c1)C(=O)CN1C(=O)c2cccc3cccc1c23. The molecular formula is C26H27N3O3. The maximum atomic E-state index is 13.6. The van der Waals surface area contributed by atoms with Crippen LogP contribution in [0.5, 0.6) is 0 Å². The first-order valence-electron chi connectivity index (χ1n) is 10.8. The van der Waals surface area contributed by atoms with Gasteiger partial charge in [-0.2, -0.15) is 0 Å². The Bertz CT molecular complexity index is 1200. The zero-order chi connectivity index (χ0) is 22.8. The van der Waals surface area contributed by atoms with Gasteiger partial charge in [0, 0.05) is 24.5 Å². The predicted octanol–water partition coefficient (Wildman–Crippen LogP) is 3.66. The molecule has 0 saturated heterocycles. The van der Waals surface area contributed by atoms with Crippen LogP contribution in [-0.2, 0) is 16.1 Å². The van der Waals surface area contributed by atoms with E-state index in [2.05, 4.69) is 5.32 Å². The van der Waals surface area contributed by atoms with Crippen molar-refractivity contribution in [3.05, 3.63) is 77.4 Å². The number of hydrogen-bond acceptors (Lipinski definition) is 3. The molecule has 164 valence electrons. The molecular weight excluding hydrogens is 402 g/mol. The molecule has 1 heterocycles. The van der Waals surface area contributed by atoms with Crippen molar-refractivity contribution in [2.45, 2.75) is 32.9 Å². The Labute approximate surface area is 187 Å². The number of rotatable bonds is 7. The summed E-state index contributed by atoms with van der Waals surface area (Å²) >= 11 is 0.